The summed E-state index contributed by atoms with van der Waals surface area (Å²) in [6.45, 7) is 3.55. The van der Waals surface area contributed by atoms with Crippen LogP contribution >= 0.6 is 0 Å². The lowest BCUT2D eigenvalue weighted by molar-refractivity contribution is -0.134. The molecule has 0 aliphatic carbocycles. The fourth-order valence-corrected chi connectivity index (χ4v) is 3.49. The van der Waals surface area contributed by atoms with Crippen LogP contribution in [0.5, 0.6) is 5.75 Å². The van der Waals surface area contributed by atoms with Gasteiger partial charge in [-0.25, -0.2) is 0 Å². The summed E-state index contributed by atoms with van der Waals surface area (Å²) in [6.07, 6.45) is 0.834. The van der Waals surface area contributed by atoms with Gasteiger partial charge >= 0.3 is 0 Å². The van der Waals surface area contributed by atoms with Crippen molar-refractivity contribution in [2.24, 2.45) is 5.92 Å². The molecule has 6 nitrogen and oxygen atoms in total. The molecular formula is C18H26N2O4. The molecule has 6 heteroatoms. The maximum absolute atomic E-state index is 12.6. The van der Waals surface area contributed by atoms with Gasteiger partial charge in [0, 0.05) is 31.7 Å². The van der Waals surface area contributed by atoms with E-state index in [4.69, 9.17) is 9.84 Å². The van der Waals surface area contributed by atoms with Crippen molar-refractivity contribution >= 4 is 5.91 Å². The Hall–Kier alpha value is -1.63. The highest BCUT2D eigenvalue weighted by atomic mass is 16.5. The number of aliphatic hydroxyl groups is 2. The van der Waals surface area contributed by atoms with E-state index >= 15 is 0 Å². The Balaban J connectivity index is 1.52. The number of likely N-dealkylation sites (tertiary alicyclic amines) is 1. The van der Waals surface area contributed by atoms with Crippen LogP contribution in [0.1, 0.15) is 18.4 Å². The third-order valence-corrected chi connectivity index (χ3v) is 5.01. The molecule has 1 aromatic carbocycles. The number of amides is 1. The molecule has 3 rings (SSSR count). The number of piperidine rings is 1. The average molecular weight is 334 g/mol. The SMILES string of the molecule is O=C(CN1CCOc2ccccc2C1)N1CCC(C(O)CO)CC1. The molecule has 1 fully saturated rings. The van der Waals surface area contributed by atoms with E-state index in [-0.39, 0.29) is 18.4 Å². The smallest absolute Gasteiger partial charge is 0.236 e. The van der Waals surface area contributed by atoms with E-state index < -0.39 is 6.10 Å². The second kappa shape index (κ2) is 7.96. The summed E-state index contributed by atoms with van der Waals surface area (Å²) in [5.41, 5.74) is 1.12. The number of para-hydroxylation sites is 1. The fourth-order valence-electron chi connectivity index (χ4n) is 3.49. The predicted octanol–water partition coefficient (Wildman–Crippen LogP) is 0.473. The number of ether oxygens (including phenoxy) is 1. The molecule has 1 aromatic rings. The summed E-state index contributed by atoms with van der Waals surface area (Å²) in [5, 5.41) is 18.8. The number of carbonyl (C=O) groups is 1. The summed E-state index contributed by atoms with van der Waals surface area (Å²) in [4.78, 5) is 16.6. The lowest BCUT2D eigenvalue weighted by atomic mass is 9.91. The van der Waals surface area contributed by atoms with Crippen LogP contribution in [0.25, 0.3) is 0 Å². The van der Waals surface area contributed by atoms with Crippen molar-refractivity contribution in [1.82, 2.24) is 9.80 Å². The van der Waals surface area contributed by atoms with Crippen molar-refractivity contribution in [1.29, 1.82) is 0 Å². The van der Waals surface area contributed by atoms with Crippen LogP contribution in [0.4, 0.5) is 0 Å². The number of nitrogens with zero attached hydrogens (tertiary/aromatic N) is 2. The minimum atomic E-state index is -0.665. The van der Waals surface area contributed by atoms with Gasteiger partial charge in [-0.1, -0.05) is 18.2 Å². The molecule has 0 saturated carbocycles. The predicted molar refractivity (Wildman–Crippen MR) is 89.6 cm³/mol. The van der Waals surface area contributed by atoms with Crippen LogP contribution in [0.3, 0.4) is 0 Å². The van der Waals surface area contributed by atoms with Crippen LogP contribution in [0.2, 0.25) is 0 Å². The van der Waals surface area contributed by atoms with Crippen LogP contribution in [-0.4, -0.2) is 71.4 Å². The highest BCUT2D eigenvalue weighted by molar-refractivity contribution is 5.78. The third-order valence-electron chi connectivity index (χ3n) is 5.01. The van der Waals surface area contributed by atoms with E-state index in [0.717, 1.165) is 37.2 Å². The molecule has 2 aliphatic heterocycles. The summed E-state index contributed by atoms with van der Waals surface area (Å²) >= 11 is 0. The number of hydrogen-bond donors (Lipinski definition) is 2. The Kier molecular flexibility index (Phi) is 5.71. The maximum atomic E-state index is 12.6. The van der Waals surface area contributed by atoms with E-state index in [2.05, 4.69) is 4.90 Å². The normalized spacial score (nSPS) is 20.8. The van der Waals surface area contributed by atoms with Crippen molar-refractivity contribution in [3.63, 3.8) is 0 Å². The van der Waals surface area contributed by atoms with Crippen LogP contribution in [-0.2, 0) is 11.3 Å². The molecule has 0 bridgehead atoms. The molecular weight excluding hydrogens is 308 g/mol. The van der Waals surface area contributed by atoms with Gasteiger partial charge in [0.25, 0.3) is 0 Å². The molecule has 2 aliphatic rings. The van der Waals surface area contributed by atoms with E-state index in [9.17, 15) is 9.90 Å². The lowest BCUT2D eigenvalue weighted by Crippen LogP contribution is -2.46. The summed E-state index contributed by atoms with van der Waals surface area (Å²) in [5.74, 6) is 1.13. The van der Waals surface area contributed by atoms with Crippen LogP contribution < -0.4 is 4.74 Å². The van der Waals surface area contributed by atoms with Gasteiger partial charge in [-0.2, -0.15) is 0 Å². The van der Waals surface area contributed by atoms with Gasteiger partial charge in [0.05, 0.1) is 19.3 Å². The van der Waals surface area contributed by atoms with Crippen LogP contribution in [0, 0.1) is 5.92 Å². The van der Waals surface area contributed by atoms with Crippen molar-refractivity contribution in [3.8, 4) is 5.75 Å². The minimum Gasteiger partial charge on any atom is -0.492 e. The summed E-state index contributed by atoms with van der Waals surface area (Å²) in [6, 6.07) is 7.97. The number of fused-ring (bicyclic) bond motifs is 1. The molecule has 2 heterocycles. The van der Waals surface area contributed by atoms with E-state index in [1.807, 2.05) is 29.2 Å². The van der Waals surface area contributed by atoms with Gasteiger partial charge in [0.1, 0.15) is 12.4 Å². The second-order valence-corrected chi connectivity index (χ2v) is 6.63. The van der Waals surface area contributed by atoms with Gasteiger partial charge in [0.15, 0.2) is 0 Å². The first-order valence-electron chi connectivity index (χ1n) is 8.67. The summed E-state index contributed by atoms with van der Waals surface area (Å²) < 4.78 is 5.74. The molecule has 1 amide bonds. The van der Waals surface area contributed by atoms with Crippen molar-refractivity contribution < 1.29 is 19.7 Å². The van der Waals surface area contributed by atoms with Crippen LogP contribution in [0.15, 0.2) is 24.3 Å². The monoisotopic (exact) mass is 334 g/mol. The molecule has 0 radical (unpaired) electrons. The van der Waals surface area contributed by atoms with Gasteiger partial charge in [-0.3, -0.25) is 9.69 Å². The Morgan fingerprint density at radius 3 is 2.75 bits per heavy atom. The first-order chi connectivity index (χ1) is 11.7. The summed E-state index contributed by atoms with van der Waals surface area (Å²) in [7, 11) is 0. The molecule has 24 heavy (non-hydrogen) atoms. The Morgan fingerprint density at radius 2 is 2.00 bits per heavy atom. The lowest BCUT2D eigenvalue weighted by Gasteiger charge is -2.34. The van der Waals surface area contributed by atoms with Gasteiger partial charge in [-0.15, -0.1) is 0 Å². The van der Waals surface area contributed by atoms with Gasteiger partial charge in [0.2, 0.25) is 5.91 Å². The molecule has 1 saturated heterocycles. The zero-order valence-electron chi connectivity index (χ0n) is 13.9. The fraction of sp³-hybridized carbons (Fsp3) is 0.611. The van der Waals surface area contributed by atoms with Crippen molar-refractivity contribution in [2.75, 3.05) is 39.4 Å². The van der Waals surface area contributed by atoms with Gasteiger partial charge < -0.3 is 19.8 Å². The molecule has 2 N–H and O–H groups in total. The third kappa shape index (κ3) is 4.06. The first kappa shape index (κ1) is 17.2. The topological polar surface area (TPSA) is 73.2 Å². The average Bonchev–Trinajstić information content (AvgIpc) is 2.82. The Morgan fingerprint density at radius 1 is 1.25 bits per heavy atom. The highest BCUT2D eigenvalue weighted by Crippen LogP contribution is 2.23. The zero-order valence-corrected chi connectivity index (χ0v) is 13.9. The molecule has 0 aromatic heterocycles. The number of rotatable bonds is 4. The number of aliphatic hydroxyl groups excluding tert-OH is 2. The maximum Gasteiger partial charge on any atom is 0.236 e. The zero-order chi connectivity index (χ0) is 16.9. The molecule has 1 unspecified atom stereocenters. The number of hydrogen-bond acceptors (Lipinski definition) is 5. The highest BCUT2D eigenvalue weighted by Gasteiger charge is 2.28. The second-order valence-electron chi connectivity index (χ2n) is 6.63. The number of carbonyl (C=O) groups excluding carboxylic acids is 1. The van der Waals surface area contributed by atoms with Gasteiger partial charge in [-0.05, 0) is 24.8 Å². The minimum absolute atomic E-state index is 0.0949. The quantitative estimate of drug-likeness (QED) is 0.838. The first-order valence-corrected chi connectivity index (χ1v) is 8.67. The number of benzene rings is 1. The molecule has 132 valence electrons. The van der Waals surface area contributed by atoms with E-state index in [1.54, 1.807) is 0 Å². The van der Waals surface area contributed by atoms with E-state index in [0.29, 0.717) is 26.2 Å². The largest absolute Gasteiger partial charge is 0.492 e. The Bertz CT molecular complexity index is 558. The molecule has 0 spiro atoms. The Labute approximate surface area is 142 Å². The van der Waals surface area contributed by atoms with E-state index in [1.165, 1.54) is 0 Å². The molecule has 1 atom stereocenters. The standard InChI is InChI=1S/C18H26N2O4/c21-13-16(22)14-5-7-20(8-6-14)18(23)12-19-9-10-24-17-4-2-1-3-15(17)11-19/h1-4,14,16,21-22H,5-13H2. The van der Waals surface area contributed by atoms with Crippen molar-refractivity contribution in [3.05, 3.63) is 29.8 Å². The van der Waals surface area contributed by atoms with Crippen molar-refractivity contribution in [2.45, 2.75) is 25.5 Å².